The van der Waals surface area contributed by atoms with Crippen LogP contribution in [0.15, 0.2) is 30.3 Å². The normalized spacial score (nSPS) is 21.9. The highest BCUT2D eigenvalue weighted by atomic mass is 16.3. The molecule has 4 heteroatoms. The van der Waals surface area contributed by atoms with Gasteiger partial charge in [0.25, 0.3) is 0 Å². The zero-order valence-electron chi connectivity index (χ0n) is 11.4. The van der Waals surface area contributed by atoms with Gasteiger partial charge in [0, 0.05) is 18.8 Å². The van der Waals surface area contributed by atoms with Crippen molar-refractivity contribution in [1.29, 1.82) is 0 Å². The summed E-state index contributed by atoms with van der Waals surface area (Å²) in [6.45, 7) is 3.88. The van der Waals surface area contributed by atoms with Gasteiger partial charge in [0.2, 0.25) is 5.91 Å². The number of carbonyl (C=O) groups excluding carboxylic acids is 1. The molecule has 2 unspecified atom stereocenters. The summed E-state index contributed by atoms with van der Waals surface area (Å²) in [6, 6.07) is 9.35. The van der Waals surface area contributed by atoms with Crippen molar-refractivity contribution in [2.45, 2.75) is 25.8 Å². The molecule has 1 aromatic carbocycles. The van der Waals surface area contributed by atoms with Crippen LogP contribution in [0.25, 0.3) is 0 Å². The molecule has 1 aromatic rings. The van der Waals surface area contributed by atoms with Gasteiger partial charge in [-0.2, -0.15) is 0 Å². The summed E-state index contributed by atoms with van der Waals surface area (Å²) in [6.07, 6.45) is 2.11. The van der Waals surface area contributed by atoms with Crippen LogP contribution in [0.1, 0.15) is 19.8 Å². The maximum absolute atomic E-state index is 12.2. The van der Waals surface area contributed by atoms with Gasteiger partial charge in [0.05, 0.1) is 6.04 Å². The number of nitrogens with one attached hydrogen (secondary N) is 1. The van der Waals surface area contributed by atoms with Crippen LogP contribution in [0.3, 0.4) is 0 Å². The van der Waals surface area contributed by atoms with Crippen molar-refractivity contribution in [2.24, 2.45) is 5.92 Å². The molecule has 2 atom stereocenters. The Morgan fingerprint density at radius 1 is 1.47 bits per heavy atom. The van der Waals surface area contributed by atoms with Gasteiger partial charge in [-0.3, -0.25) is 9.69 Å². The van der Waals surface area contributed by atoms with Gasteiger partial charge in [0.1, 0.15) is 0 Å². The fraction of sp³-hybridized carbons (Fsp3) is 0.533. The van der Waals surface area contributed by atoms with Gasteiger partial charge in [0.15, 0.2) is 0 Å². The molecule has 104 valence electrons. The van der Waals surface area contributed by atoms with Crippen molar-refractivity contribution in [3.05, 3.63) is 30.3 Å². The number of likely N-dealkylation sites (tertiary alicyclic amines) is 1. The van der Waals surface area contributed by atoms with Gasteiger partial charge in [-0.15, -0.1) is 0 Å². The molecule has 4 nitrogen and oxygen atoms in total. The lowest BCUT2D eigenvalue weighted by Gasteiger charge is -2.35. The Hall–Kier alpha value is -1.39. The van der Waals surface area contributed by atoms with Gasteiger partial charge in [-0.1, -0.05) is 18.2 Å². The summed E-state index contributed by atoms with van der Waals surface area (Å²) < 4.78 is 0. The Morgan fingerprint density at radius 2 is 2.21 bits per heavy atom. The molecule has 2 rings (SSSR count). The molecular weight excluding hydrogens is 240 g/mol. The van der Waals surface area contributed by atoms with E-state index in [2.05, 4.69) is 10.2 Å². The number of hydrogen-bond acceptors (Lipinski definition) is 3. The monoisotopic (exact) mass is 262 g/mol. The van der Waals surface area contributed by atoms with Crippen LogP contribution < -0.4 is 5.32 Å². The first-order chi connectivity index (χ1) is 9.20. The van der Waals surface area contributed by atoms with E-state index in [1.165, 1.54) is 0 Å². The zero-order chi connectivity index (χ0) is 13.7. The van der Waals surface area contributed by atoms with Crippen molar-refractivity contribution in [3.8, 4) is 0 Å². The lowest BCUT2D eigenvalue weighted by Crippen LogP contribution is -2.47. The van der Waals surface area contributed by atoms with Crippen LogP contribution in [0.2, 0.25) is 0 Å². The zero-order valence-corrected chi connectivity index (χ0v) is 11.4. The highest BCUT2D eigenvalue weighted by Crippen LogP contribution is 2.18. The van der Waals surface area contributed by atoms with E-state index in [9.17, 15) is 9.90 Å². The molecule has 1 aliphatic rings. The number of para-hydroxylation sites is 1. The van der Waals surface area contributed by atoms with E-state index in [0.29, 0.717) is 5.92 Å². The molecule has 19 heavy (non-hydrogen) atoms. The number of aliphatic hydroxyl groups excluding tert-OH is 1. The van der Waals surface area contributed by atoms with Gasteiger partial charge in [-0.25, -0.2) is 0 Å². The Balaban J connectivity index is 1.91. The highest BCUT2D eigenvalue weighted by molar-refractivity contribution is 5.94. The van der Waals surface area contributed by atoms with E-state index in [-0.39, 0.29) is 18.6 Å². The van der Waals surface area contributed by atoms with Crippen molar-refractivity contribution < 1.29 is 9.90 Å². The Bertz CT molecular complexity index is 408. The second-order valence-corrected chi connectivity index (χ2v) is 5.22. The Morgan fingerprint density at radius 3 is 2.89 bits per heavy atom. The predicted molar refractivity (Wildman–Crippen MR) is 75.9 cm³/mol. The first kappa shape index (κ1) is 14.0. The van der Waals surface area contributed by atoms with Gasteiger partial charge >= 0.3 is 0 Å². The Labute approximate surface area is 114 Å². The van der Waals surface area contributed by atoms with Crippen LogP contribution in [-0.4, -0.2) is 41.7 Å². The van der Waals surface area contributed by atoms with Crippen LogP contribution in [0.5, 0.6) is 0 Å². The summed E-state index contributed by atoms with van der Waals surface area (Å²) >= 11 is 0. The summed E-state index contributed by atoms with van der Waals surface area (Å²) in [5, 5.41) is 12.2. The summed E-state index contributed by atoms with van der Waals surface area (Å²) in [5.41, 5.74) is 0.829. The number of aliphatic hydroxyl groups is 1. The maximum atomic E-state index is 12.2. The molecule has 1 saturated heterocycles. The molecule has 1 aliphatic heterocycles. The van der Waals surface area contributed by atoms with Crippen molar-refractivity contribution in [1.82, 2.24) is 4.90 Å². The molecular formula is C15H22N2O2. The molecule has 0 bridgehead atoms. The van der Waals surface area contributed by atoms with Crippen LogP contribution >= 0.6 is 0 Å². The third-order valence-corrected chi connectivity index (χ3v) is 3.78. The molecule has 0 spiro atoms. The van der Waals surface area contributed by atoms with Crippen molar-refractivity contribution in [2.75, 3.05) is 25.0 Å². The molecule has 0 saturated carbocycles. The molecule has 0 radical (unpaired) electrons. The van der Waals surface area contributed by atoms with Gasteiger partial charge in [-0.05, 0) is 44.4 Å². The molecule has 1 amide bonds. The average molecular weight is 262 g/mol. The number of benzene rings is 1. The fourth-order valence-corrected chi connectivity index (χ4v) is 2.53. The molecule has 2 N–H and O–H groups in total. The smallest absolute Gasteiger partial charge is 0.241 e. The van der Waals surface area contributed by atoms with E-state index < -0.39 is 0 Å². The minimum Gasteiger partial charge on any atom is -0.396 e. The third-order valence-electron chi connectivity index (χ3n) is 3.78. The maximum Gasteiger partial charge on any atom is 0.241 e. The first-order valence-electron chi connectivity index (χ1n) is 6.91. The number of nitrogens with zero attached hydrogens (tertiary/aromatic N) is 1. The third kappa shape index (κ3) is 3.78. The van der Waals surface area contributed by atoms with Crippen LogP contribution in [0.4, 0.5) is 5.69 Å². The molecule has 0 aliphatic carbocycles. The number of anilines is 1. The molecule has 1 fully saturated rings. The number of carbonyl (C=O) groups is 1. The predicted octanol–water partition coefficient (Wildman–Crippen LogP) is 1.72. The second-order valence-electron chi connectivity index (χ2n) is 5.22. The summed E-state index contributed by atoms with van der Waals surface area (Å²) in [4.78, 5) is 14.3. The lowest BCUT2D eigenvalue weighted by molar-refractivity contribution is -0.121. The number of piperidine rings is 1. The number of amides is 1. The SMILES string of the molecule is CC(C(=O)Nc1ccccc1)N1CCCC(CO)C1. The molecule has 0 aromatic heterocycles. The van der Waals surface area contributed by atoms with E-state index in [0.717, 1.165) is 31.6 Å². The summed E-state index contributed by atoms with van der Waals surface area (Å²) in [5.74, 6) is 0.325. The first-order valence-corrected chi connectivity index (χ1v) is 6.91. The van der Waals surface area contributed by atoms with E-state index in [1.54, 1.807) is 0 Å². The van der Waals surface area contributed by atoms with E-state index in [1.807, 2.05) is 37.3 Å². The average Bonchev–Trinajstić information content (AvgIpc) is 2.47. The minimum absolute atomic E-state index is 0.0183. The minimum atomic E-state index is -0.158. The highest BCUT2D eigenvalue weighted by Gasteiger charge is 2.26. The topological polar surface area (TPSA) is 52.6 Å². The number of hydrogen-bond donors (Lipinski definition) is 2. The van der Waals surface area contributed by atoms with E-state index >= 15 is 0 Å². The fourth-order valence-electron chi connectivity index (χ4n) is 2.53. The second kappa shape index (κ2) is 6.68. The van der Waals surface area contributed by atoms with Crippen molar-refractivity contribution >= 4 is 11.6 Å². The largest absolute Gasteiger partial charge is 0.396 e. The van der Waals surface area contributed by atoms with E-state index in [4.69, 9.17) is 0 Å². The standard InChI is InChI=1S/C15H22N2O2/c1-12(17-9-5-6-13(10-17)11-18)15(19)16-14-7-3-2-4-8-14/h2-4,7-8,12-13,18H,5-6,9-11H2,1H3,(H,16,19). The Kier molecular flexibility index (Phi) is 4.93. The molecule has 1 heterocycles. The van der Waals surface area contributed by atoms with Crippen molar-refractivity contribution in [3.63, 3.8) is 0 Å². The lowest BCUT2D eigenvalue weighted by atomic mass is 9.97. The van der Waals surface area contributed by atoms with Crippen LogP contribution in [-0.2, 0) is 4.79 Å². The quantitative estimate of drug-likeness (QED) is 0.868. The van der Waals surface area contributed by atoms with Gasteiger partial charge < -0.3 is 10.4 Å². The van der Waals surface area contributed by atoms with Crippen LogP contribution in [0, 0.1) is 5.92 Å². The number of rotatable bonds is 4. The summed E-state index contributed by atoms with van der Waals surface area (Å²) in [7, 11) is 0.